The van der Waals surface area contributed by atoms with Crippen LogP contribution in [0.3, 0.4) is 0 Å². The molecule has 9 atom stereocenters. The summed E-state index contributed by atoms with van der Waals surface area (Å²) < 4.78 is 0. The second kappa shape index (κ2) is 6.87. The molecular formula is C30H50O2. The van der Waals surface area contributed by atoms with Crippen LogP contribution in [0.25, 0.3) is 0 Å². The van der Waals surface area contributed by atoms with Gasteiger partial charge < -0.3 is 10.2 Å². The molecule has 0 spiro atoms. The number of hydrogen-bond donors (Lipinski definition) is 2. The molecular weight excluding hydrogens is 392 g/mol. The molecule has 2 nitrogen and oxygen atoms in total. The summed E-state index contributed by atoms with van der Waals surface area (Å²) >= 11 is 0. The van der Waals surface area contributed by atoms with Crippen molar-refractivity contribution >= 4 is 0 Å². The summed E-state index contributed by atoms with van der Waals surface area (Å²) in [5, 5.41) is 22.4. The van der Waals surface area contributed by atoms with Crippen molar-refractivity contribution < 1.29 is 10.2 Å². The molecule has 0 radical (unpaired) electrons. The molecule has 0 heterocycles. The van der Waals surface area contributed by atoms with Gasteiger partial charge in [-0.25, -0.2) is 0 Å². The molecule has 3 saturated carbocycles. The average molecular weight is 443 g/mol. The van der Waals surface area contributed by atoms with Crippen molar-refractivity contribution in [3.8, 4) is 0 Å². The minimum absolute atomic E-state index is 0.00442. The molecule has 2 heteroatoms. The third-order valence-corrected chi connectivity index (χ3v) is 13.1. The summed E-state index contributed by atoms with van der Waals surface area (Å²) in [6.07, 6.45) is 10.2. The van der Waals surface area contributed by atoms with Crippen LogP contribution >= 0.6 is 0 Å². The van der Waals surface area contributed by atoms with E-state index >= 15 is 0 Å². The molecule has 0 aliphatic heterocycles. The van der Waals surface area contributed by atoms with E-state index in [-0.39, 0.29) is 39.3 Å². The van der Waals surface area contributed by atoms with Gasteiger partial charge in [0.2, 0.25) is 0 Å². The molecule has 0 aromatic carbocycles. The van der Waals surface area contributed by atoms with Crippen molar-refractivity contribution in [1.29, 1.82) is 0 Å². The zero-order valence-corrected chi connectivity index (χ0v) is 22.2. The van der Waals surface area contributed by atoms with Gasteiger partial charge in [0.05, 0.1) is 12.2 Å². The van der Waals surface area contributed by atoms with Crippen molar-refractivity contribution in [2.75, 3.05) is 0 Å². The number of fused-ring (bicyclic) bond motifs is 6. The Kier molecular flexibility index (Phi) is 5.02. The third kappa shape index (κ3) is 2.61. The van der Waals surface area contributed by atoms with Crippen LogP contribution in [0.2, 0.25) is 0 Å². The van der Waals surface area contributed by atoms with E-state index in [1.54, 1.807) is 11.1 Å². The SMILES string of the molecule is CC(C)[C@H]1C[C@H](O)[C@@H]2[C@]1(C)CC[C@]1(C)C3=C(CC[C@@]21C)[C@@]1(C)CC[C@H](O)C(C)(C)[C@@H]1CC3. The van der Waals surface area contributed by atoms with E-state index in [0.29, 0.717) is 23.7 Å². The van der Waals surface area contributed by atoms with E-state index in [0.717, 1.165) is 19.3 Å². The normalized spacial score (nSPS) is 54.7. The number of allylic oxidation sites excluding steroid dienone is 2. The topological polar surface area (TPSA) is 40.5 Å². The van der Waals surface area contributed by atoms with Gasteiger partial charge in [-0.3, -0.25) is 0 Å². The Hall–Kier alpha value is -0.340. The fourth-order valence-corrected chi connectivity index (χ4v) is 11.2. The standard InChI is InChI=1S/C30H50O2/c1-18(2)21-17-22(31)25-28(21,6)15-16-29(7)20-9-10-23-26(3,4)24(32)12-13-27(23,5)19(20)11-14-30(25,29)8/h18,21-25,31-32H,9-17H2,1-8H3/t21-,22+,23+,24+,25-,27-,28-,29-,30+/m1/s1. The Bertz CT molecular complexity index is 825. The zero-order valence-electron chi connectivity index (χ0n) is 22.2. The van der Waals surface area contributed by atoms with Gasteiger partial charge >= 0.3 is 0 Å². The lowest BCUT2D eigenvalue weighted by atomic mass is 9.37. The summed E-state index contributed by atoms with van der Waals surface area (Å²) in [7, 11) is 0. The zero-order chi connectivity index (χ0) is 23.5. The molecule has 32 heavy (non-hydrogen) atoms. The van der Waals surface area contributed by atoms with Gasteiger partial charge in [-0.2, -0.15) is 0 Å². The second-order valence-corrected chi connectivity index (χ2v) is 14.7. The molecule has 0 saturated heterocycles. The Morgan fingerprint density at radius 2 is 1.50 bits per heavy atom. The van der Waals surface area contributed by atoms with Gasteiger partial charge in [-0.15, -0.1) is 0 Å². The highest BCUT2D eigenvalue weighted by Gasteiger charge is 2.69. The quantitative estimate of drug-likeness (QED) is 0.424. The van der Waals surface area contributed by atoms with Crippen molar-refractivity contribution in [3.05, 3.63) is 11.1 Å². The van der Waals surface area contributed by atoms with E-state index in [9.17, 15) is 10.2 Å². The first-order valence-electron chi connectivity index (χ1n) is 13.8. The van der Waals surface area contributed by atoms with Gasteiger partial charge in [0.25, 0.3) is 0 Å². The van der Waals surface area contributed by atoms with Gasteiger partial charge in [-0.05, 0) is 109 Å². The van der Waals surface area contributed by atoms with Crippen LogP contribution in [-0.2, 0) is 0 Å². The fraction of sp³-hybridized carbons (Fsp3) is 0.933. The molecule has 3 fully saturated rings. The Labute approximate surface area is 197 Å². The summed E-state index contributed by atoms with van der Waals surface area (Å²) in [6.45, 7) is 19.7. The maximum absolute atomic E-state index is 11.5. The number of aliphatic hydroxyl groups is 2. The van der Waals surface area contributed by atoms with E-state index in [4.69, 9.17) is 0 Å². The van der Waals surface area contributed by atoms with Gasteiger partial charge in [0.1, 0.15) is 0 Å². The van der Waals surface area contributed by atoms with E-state index in [1.807, 2.05) is 0 Å². The molecule has 0 aromatic heterocycles. The molecule has 5 rings (SSSR count). The fourth-order valence-electron chi connectivity index (χ4n) is 11.2. The summed E-state index contributed by atoms with van der Waals surface area (Å²) in [6, 6.07) is 0. The van der Waals surface area contributed by atoms with Crippen molar-refractivity contribution in [2.24, 2.45) is 50.7 Å². The monoisotopic (exact) mass is 442 g/mol. The molecule has 0 aromatic rings. The third-order valence-electron chi connectivity index (χ3n) is 13.1. The predicted molar refractivity (Wildman–Crippen MR) is 132 cm³/mol. The van der Waals surface area contributed by atoms with Gasteiger partial charge in [0, 0.05) is 0 Å². The lowest BCUT2D eigenvalue weighted by molar-refractivity contribution is -0.146. The Balaban J connectivity index is 1.59. The maximum Gasteiger partial charge on any atom is 0.0594 e. The summed E-state index contributed by atoms with van der Waals surface area (Å²) in [5.74, 6) is 2.30. The molecule has 5 aliphatic rings. The van der Waals surface area contributed by atoms with Crippen molar-refractivity contribution in [1.82, 2.24) is 0 Å². The molecule has 0 amide bonds. The lowest BCUT2D eigenvalue weighted by Crippen LogP contribution is -2.60. The van der Waals surface area contributed by atoms with Gasteiger partial charge in [-0.1, -0.05) is 66.5 Å². The molecule has 182 valence electrons. The van der Waals surface area contributed by atoms with Crippen LogP contribution in [-0.4, -0.2) is 22.4 Å². The highest BCUT2D eigenvalue weighted by molar-refractivity contribution is 5.39. The van der Waals surface area contributed by atoms with E-state index < -0.39 is 0 Å². The second-order valence-electron chi connectivity index (χ2n) is 14.7. The van der Waals surface area contributed by atoms with Crippen LogP contribution in [0.4, 0.5) is 0 Å². The van der Waals surface area contributed by atoms with Crippen molar-refractivity contribution in [3.63, 3.8) is 0 Å². The molecule has 0 unspecified atom stereocenters. The first-order valence-corrected chi connectivity index (χ1v) is 13.8. The van der Waals surface area contributed by atoms with Crippen LogP contribution < -0.4 is 0 Å². The highest BCUT2D eigenvalue weighted by atomic mass is 16.3. The molecule has 2 N–H and O–H groups in total. The Morgan fingerprint density at radius 1 is 0.812 bits per heavy atom. The van der Waals surface area contributed by atoms with E-state index in [1.165, 1.54) is 38.5 Å². The lowest BCUT2D eigenvalue weighted by Gasteiger charge is -2.67. The average Bonchev–Trinajstić information content (AvgIpc) is 2.98. The largest absolute Gasteiger partial charge is 0.393 e. The van der Waals surface area contributed by atoms with Gasteiger partial charge in [0.15, 0.2) is 0 Å². The number of rotatable bonds is 1. The predicted octanol–water partition coefficient (Wildman–Crippen LogP) is 7.14. The number of aliphatic hydroxyl groups excluding tert-OH is 2. The minimum Gasteiger partial charge on any atom is -0.393 e. The molecule has 5 aliphatic carbocycles. The van der Waals surface area contributed by atoms with Crippen LogP contribution in [0.5, 0.6) is 0 Å². The summed E-state index contributed by atoms with van der Waals surface area (Å²) in [5.41, 5.74) is 4.50. The molecule has 0 bridgehead atoms. The Morgan fingerprint density at radius 3 is 2.16 bits per heavy atom. The smallest absolute Gasteiger partial charge is 0.0594 e. The van der Waals surface area contributed by atoms with Crippen LogP contribution in [0.15, 0.2) is 11.1 Å². The first-order chi connectivity index (χ1) is 14.7. The van der Waals surface area contributed by atoms with E-state index in [2.05, 4.69) is 55.4 Å². The van der Waals surface area contributed by atoms with Crippen LogP contribution in [0.1, 0.15) is 113 Å². The van der Waals surface area contributed by atoms with Crippen LogP contribution in [0, 0.1) is 50.7 Å². The number of hydrogen-bond acceptors (Lipinski definition) is 2. The minimum atomic E-state index is -0.163. The first kappa shape index (κ1) is 23.4. The highest BCUT2D eigenvalue weighted by Crippen LogP contribution is 2.75. The van der Waals surface area contributed by atoms with Crippen molar-refractivity contribution in [2.45, 2.75) is 125 Å². The maximum atomic E-state index is 11.5. The summed E-state index contributed by atoms with van der Waals surface area (Å²) in [4.78, 5) is 0.